The van der Waals surface area contributed by atoms with Crippen LogP contribution in [-0.2, 0) is 44.0 Å². The number of Topliss-reactive ketones (excluding diaryl/α,β-unsaturated/α-hetero) is 1. The number of rotatable bonds is 2. The number of ether oxygens (including phenoxy) is 2. The van der Waals surface area contributed by atoms with Gasteiger partial charge in [-0.25, -0.2) is 4.79 Å². The molecule has 5 N–H and O–H groups in total. The van der Waals surface area contributed by atoms with Gasteiger partial charge in [-0.2, -0.15) is 0 Å². The molecule has 0 unspecified atom stereocenters. The molecule has 7 atom stereocenters. The Kier molecular flexibility index (Phi) is 10.5. The van der Waals surface area contributed by atoms with Crippen LogP contribution in [0.1, 0.15) is 116 Å². The molecule has 2 saturated carbocycles. The fourth-order valence-electron chi connectivity index (χ4n) is 10.1. The molecule has 0 amide bonds. The predicted octanol–water partition coefficient (Wildman–Crippen LogP) is 6.11. The molecule has 1 spiro atoms. The minimum atomic E-state index is -1.67. The highest BCUT2D eigenvalue weighted by atomic mass is 16.6. The number of hydrogen-bond donors (Lipinski definition) is 5. The van der Waals surface area contributed by atoms with Gasteiger partial charge in [0.2, 0.25) is 0 Å². The highest BCUT2D eigenvalue weighted by Gasteiger charge is 2.47. The van der Waals surface area contributed by atoms with E-state index in [1.54, 1.807) is 25.1 Å². The second-order valence-corrected chi connectivity index (χ2v) is 17.1. The summed E-state index contributed by atoms with van der Waals surface area (Å²) in [5, 5.41) is 57.3. The summed E-state index contributed by atoms with van der Waals surface area (Å²) in [6.07, 6.45) is 4.55. The minimum Gasteiger partial charge on any atom is -0.508 e. The van der Waals surface area contributed by atoms with Gasteiger partial charge >= 0.3 is 11.9 Å². The Morgan fingerprint density at radius 2 is 1.68 bits per heavy atom. The maximum atomic E-state index is 14.9. The summed E-state index contributed by atoms with van der Waals surface area (Å²) in [7, 11) is 0. The van der Waals surface area contributed by atoms with Crippen molar-refractivity contribution in [2.45, 2.75) is 126 Å². The van der Waals surface area contributed by atoms with Gasteiger partial charge in [-0.3, -0.25) is 9.59 Å². The summed E-state index contributed by atoms with van der Waals surface area (Å²) in [6, 6.07) is 15.8. The lowest BCUT2D eigenvalue weighted by molar-refractivity contribution is -0.170. The van der Waals surface area contributed by atoms with Crippen molar-refractivity contribution in [2.75, 3.05) is 0 Å². The molecule has 0 radical (unpaired) electrons. The van der Waals surface area contributed by atoms with Crippen LogP contribution < -0.4 is 4.74 Å². The van der Waals surface area contributed by atoms with Crippen molar-refractivity contribution in [2.24, 2.45) is 11.8 Å². The van der Waals surface area contributed by atoms with Crippen LogP contribution in [0.15, 0.2) is 66.2 Å². The average Bonchev–Trinajstić information content (AvgIpc) is 3.19. The van der Waals surface area contributed by atoms with Crippen molar-refractivity contribution in [3.8, 4) is 29.1 Å². The third-order valence-corrected chi connectivity index (χ3v) is 13.4. The molecule has 3 aromatic rings. The summed E-state index contributed by atoms with van der Waals surface area (Å²) in [5.74, 6) is 2.95. The maximum Gasteiger partial charge on any atom is 0.334 e. The first-order valence-corrected chi connectivity index (χ1v) is 20.3. The highest BCUT2D eigenvalue weighted by Crippen LogP contribution is 2.46. The Morgan fingerprint density at radius 1 is 0.895 bits per heavy atom. The van der Waals surface area contributed by atoms with Gasteiger partial charge in [0, 0.05) is 47.3 Å². The SMILES string of the molecule is C[C@]1(O)[C@@H]2CCC(=O)[C@@H](Cc3cccc(c3)C3(CCCCC3)[C@H](O)/C=C3/C[C@H](c4cc(O)cc(CO)c4)C#C[C@@H]4CC(=O)Oc5cc(O)c(cc54)C[C@H]1OC3=O)C2. The standard InChI is InChI=1S/C47H50O10/c1-46(55)35-10-11-39(50)32(19-35)14-27-6-5-7-36(16-27)47(12-3-2-4-13-47)42(52)22-34-18-29(31-15-28(26-48)17-37(49)20-31)8-9-30-24-44(53)56-41-25-40(51)33(21-38(30)41)23-43(46)57-45(34)54/h5-7,15-17,20-22,25,29-30,32,35,42-43,48-49,51-52,55H,2-4,10-14,18-19,23-24,26H2,1H3/b34-22-/t29-,30-,32+,35-,42-,43-,46+/m1/s1. The van der Waals surface area contributed by atoms with Crippen molar-refractivity contribution in [1.82, 2.24) is 0 Å². The van der Waals surface area contributed by atoms with Gasteiger partial charge in [-0.1, -0.05) is 61.4 Å². The van der Waals surface area contributed by atoms with Gasteiger partial charge in [0.25, 0.3) is 0 Å². The van der Waals surface area contributed by atoms with Crippen LogP contribution in [0.3, 0.4) is 0 Å². The normalized spacial score (nSPS) is 30.7. The van der Waals surface area contributed by atoms with E-state index in [1.807, 2.05) is 18.2 Å². The van der Waals surface area contributed by atoms with Gasteiger partial charge in [-0.15, -0.1) is 0 Å². The first-order chi connectivity index (χ1) is 27.3. The number of phenols is 2. The number of hydrogen-bond acceptors (Lipinski definition) is 10. The molecule has 10 nitrogen and oxygen atoms in total. The third kappa shape index (κ3) is 7.61. The van der Waals surface area contributed by atoms with Crippen molar-refractivity contribution in [1.29, 1.82) is 0 Å². The fourth-order valence-corrected chi connectivity index (χ4v) is 10.1. The summed E-state index contributed by atoms with van der Waals surface area (Å²) < 4.78 is 12.0. The summed E-state index contributed by atoms with van der Waals surface area (Å²) >= 11 is 0. The number of esters is 2. The number of carbonyl (C=O) groups excluding carboxylic acids is 3. The number of fused-ring (bicyclic) bond motifs is 9. The summed E-state index contributed by atoms with van der Waals surface area (Å²) in [4.78, 5) is 41.3. The zero-order chi connectivity index (χ0) is 40.1. The first kappa shape index (κ1) is 38.9. The zero-order valence-corrected chi connectivity index (χ0v) is 32.2. The van der Waals surface area contributed by atoms with E-state index in [4.69, 9.17) is 9.47 Å². The Labute approximate surface area is 332 Å². The third-order valence-electron chi connectivity index (χ3n) is 13.4. The molecule has 3 aromatic carbocycles. The van der Waals surface area contributed by atoms with Crippen LogP contribution in [0, 0.1) is 23.7 Å². The van der Waals surface area contributed by atoms with Crippen molar-refractivity contribution >= 4 is 17.7 Å². The van der Waals surface area contributed by atoms with E-state index < -0.39 is 52.9 Å². The molecule has 298 valence electrons. The molecule has 8 rings (SSSR count). The molecule has 0 aromatic heterocycles. The number of ketones is 1. The van der Waals surface area contributed by atoms with Crippen LogP contribution in [0.5, 0.6) is 17.2 Å². The van der Waals surface area contributed by atoms with Gasteiger partial charge in [0.05, 0.1) is 25.0 Å². The second kappa shape index (κ2) is 15.4. The van der Waals surface area contributed by atoms with Crippen LogP contribution in [0.4, 0.5) is 0 Å². The monoisotopic (exact) mass is 774 g/mol. The zero-order valence-electron chi connectivity index (χ0n) is 32.2. The topological polar surface area (TPSA) is 171 Å². The fraction of sp³-hybridized carbons (Fsp3) is 0.468. The van der Waals surface area contributed by atoms with Gasteiger partial charge < -0.3 is 35.0 Å². The molecule has 2 fully saturated rings. The molecule has 0 saturated heterocycles. The predicted molar refractivity (Wildman–Crippen MR) is 209 cm³/mol. The minimum absolute atomic E-state index is 0.0735. The average molecular weight is 775 g/mol. The number of carbonyl (C=O) groups is 3. The van der Waals surface area contributed by atoms with E-state index in [0.717, 1.165) is 30.4 Å². The number of aromatic hydroxyl groups is 2. The quantitative estimate of drug-likeness (QED) is 0.116. The number of benzene rings is 3. The van der Waals surface area contributed by atoms with E-state index >= 15 is 0 Å². The van der Waals surface area contributed by atoms with Crippen molar-refractivity contribution < 1.29 is 49.4 Å². The smallest absolute Gasteiger partial charge is 0.334 e. The summed E-state index contributed by atoms with van der Waals surface area (Å²) in [6.45, 7) is 1.27. The molecular formula is C47H50O10. The van der Waals surface area contributed by atoms with Gasteiger partial charge in [0.15, 0.2) is 0 Å². The maximum absolute atomic E-state index is 14.9. The van der Waals surface area contributed by atoms with Gasteiger partial charge in [0.1, 0.15) is 34.7 Å². The van der Waals surface area contributed by atoms with Crippen LogP contribution in [-0.4, -0.2) is 61.1 Å². The molecular weight excluding hydrogens is 725 g/mol. The van der Waals surface area contributed by atoms with Crippen molar-refractivity contribution in [3.05, 3.63) is 99.6 Å². The molecule has 10 heteroatoms. The van der Waals surface area contributed by atoms with Crippen LogP contribution >= 0.6 is 0 Å². The van der Waals surface area contributed by atoms with Crippen LogP contribution in [0.2, 0.25) is 0 Å². The Balaban J connectivity index is 1.36. The lowest BCUT2D eigenvalue weighted by Gasteiger charge is -2.42. The second-order valence-electron chi connectivity index (χ2n) is 17.1. The lowest BCUT2D eigenvalue weighted by atomic mass is 9.65. The van der Waals surface area contributed by atoms with E-state index in [1.165, 1.54) is 18.2 Å². The van der Waals surface area contributed by atoms with E-state index in [2.05, 4.69) is 17.9 Å². The Morgan fingerprint density at radius 3 is 2.47 bits per heavy atom. The van der Waals surface area contributed by atoms with E-state index in [-0.39, 0.29) is 66.8 Å². The van der Waals surface area contributed by atoms with Crippen LogP contribution in [0.25, 0.3) is 0 Å². The Bertz CT molecular complexity index is 2180. The molecule has 2 aliphatic carbocycles. The van der Waals surface area contributed by atoms with Gasteiger partial charge in [-0.05, 0) is 103 Å². The highest BCUT2D eigenvalue weighted by molar-refractivity contribution is 5.89. The number of aliphatic hydroxyl groups is 3. The largest absolute Gasteiger partial charge is 0.508 e. The molecule has 3 aliphatic heterocycles. The Hall–Kier alpha value is -4.95. The number of phenolic OH excluding ortho intramolecular Hbond substituents is 2. The first-order valence-electron chi connectivity index (χ1n) is 20.3. The molecule has 8 bridgehead atoms. The molecule has 5 aliphatic rings. The van der Waals surface area contributed by atoms with E-state index in [9.17, 15) is 39.9 Å². The lowest BCUT2D eigenvalue weighted by Crippen LogP contribution is -2.52. The summed E-state index contributed by atoms with van der Waals surface area (Å²) in [5.41, 5.74) is 1.47. The molecule has 57 heavy (non-hydrogen) atoms. The van der Waals surface area contributed by atoms with E-state index in [0.29, 0.717) is 54.4 Å². The number of aliphatic hydroxyl groups excluding tert-OH is 2. The molecule has 3 heterocycles. The van der Waals surface area contributed by atoms with Crippen molar-refractivity contribution in [3.63, 3.8) is 0 Å².